The summed E-state index contributed by atoms with van der Waals surface area (Å²) in [5.41, 5.74) is 1.90. The molecule has 1 aromatic carbocycles. The van der Waals surface area contributed by atoms with Crippen molar-refractivity contribution in [2.75, 3.05) is 5.33 Å². The lowest BCUT2D eigenvalue weighted by atomic mass is 10.1. The summed E-state index contributed by atoms with van der Waals surface area (Å²) in [6, 6.07) is 7.68. The fourth-order valence-electron chi connectivity index (χ4n) is 1.54. The standard InChI is InChI=1S/C12H14BrNO/c1-9-3-2-4-10(7-9)11(15)14-12(8-13)5-6-12/h2-4,7H,5-6,8H2,1H3,(H,14,15). The lowest BCUT2D eigenvalue weighted by molar-refractivity contribution is 0.0936. The molecule has 80 valence electrons. The molecule has 0 aromatic heterocycles. The Morgan fingerprint density at radius 3 is 2.80 bits per heavy atom. The summed E-state index contributed by atoms with van der Waals surface area (Å²) in [6.45, 7) is 1.99. The zero-order valence-electron chi connectivity index (χ0n) is 8.72. The molecule has 0 heterocycles. The molecule has 1 aliphatic carbocycles. The molecule has 1 fully saturated rings. The van der Waals surface area contributed by atoms with E-state index in [0.717, 1.165) is 29.3 Å². The number of halogens is 1. The average Bonchev–Trinajstić information content (AvgIpc) is 2.98. The van der Waals surface area contributed by atoms with Crippen molar-refractivity contribution in [2.24, 2.45) is 0 Å². The van der Waals surface area contributed by atoms with Gasteiger partial charge >= 0.3 is 0 Å². The van der Waals surface area contributed by atoms with Crippen molar-refractivity contribution in [3.63, 3.8) is 0 Å². The van der Waals surface area contributed by atoms with Gasteiger partial charge in [0.25, 0.3) is 5.91 Å². The van der Waals surface area contributed by atoms with E-state index < -0.39 is 0 Å². The van der Waals surface area contributed by atoms with E-state index >= 15 is 0 Å². The van der Waals surface area contributed by atoms with Gasteiger partial charge in [-0.05, 0) is 31.9 Å². The van der Waals surface area contributed by atoms with Gasteiger partial charge in [-0.15, -0.1) is 0 Å². The summed E-state index contributed by atoms with van der Waals surface area (Å²) in [6.07, 6.45) is 2.16. The third-order valence-electron chi connectivity index (χ3n) is 2.77. The third-order valence-corrected chi connectivity index (χ3v) is 3.84. The number of rotatable bonds is 3. The SMILES string of the molecule is Cc1cccc(C(=O)NC2(CBr)CC2)c1. The van der Waals surface area contributed by atoms with Gasteiger partial charge < -0.3 is 5.32 Å². The maximum Gasteiger partial charge on any atom is 0.251 e. The smallest absolute Gasteiger partial charge is 0.251 e. The molecule has 1 amide bonds. The van der Waals surface area contributed by atoms with E-state index in [-0.39, 0.29) is 11.4 Å². The first-order valence-electron chi connectivity index (χ1n) is 5.10. The molecule has 1 aliphatic rings. The molecule has 0 radical (unpaired) electrons. The van der Waals surface area contributed by atoms with Crippen LogP contribution < -0.4 is 5.32 Å². The van der Waals surface area contributed by atoms with Gasteiger partial charge in [-0.3, -0.25) is 4.79 Å². The summed E-state index contributed by atoms with van der Waals surface area (Å²) in [5.74, 6) is 0.0376. The van der Waals surface area contributed by atoms with Gasteiger partial charge in [0.15, 0.2) is 0 Å². The van der Waals surface area contributed by atoms with Gasteiger partial charge in [-0.2, -0.15) is 0 Å². The average molecular weight is 268 g/mol. The van der Waals surface area contributed by atoms with Crippen molar-refractivity contribution in [1.82, 2.24) is 5.32 Å². The van der Waals surface area contributed by atoms with Crippen molar-refractivity contribution in [3.05, 3.63) is 35.4 Å². The number of nitrogens with one attached hydrogen (secondary N) is 1. The van der Waals surface area contributed by atoms with E-state index in [1.165, 1.54) is 0 Å². The molecule has 0 spiro atoms. The van der Waals surface area contributed by atoms with Crippen molar-refractivity contribution in [2.45, 2.75) is 25.3 Å². The quantitative estimate of drug-likeness (QED) is 0.839. The summed E-state index contributed by atoms with van der Waals surface area (Å²) in [7, 11) is 0. The highest BCUT2D eigenvalue weighted by Gasteiger charge is 2.42. The van der Waals surface area contributed by atoms with Gasteiger partial charge in [0, 0.05) is 10.9 Å². The van der Waals surface area contributed by atoms with Crippen LogP contribution in [0.25, 0.3) is 0 Å². The number of benzene rings is 1. The van der Waals surface area contributed by atoms with E-state index in [1.54, 1.807) is 0 Å². The molecule has 2 nitrogen and oxygen atoms in total. The summed E-state index contributed by atoms with van der Waals surface area (Å²) < 4.78 is 0. The van der Waals surface area contributed by atoms with E-state index in [1.807, 2.05) is 31.2 Å². The maximum atomic E-state index is 11.9. The zero-order valence-corrected chi connectivity index (χ0v) is 10.3. The largest absolute Gasteiger partial charge is 0.346 e. The molecule has 1 N–H and O–H groups in total. The molecule has 15 heavy (non-hydrogen) atoms. The Hall–Kier alpha value is -0.830. The van der Waals surface area contributed by atoms with Crippen molar-refractivity contribution in [1.29, 1.82) is 0 Å². The van der Waals surface area contributed by atoms with E-state index in [4.69, 9.17) is 0 Å². The van der Waals surface area contributed by atoms with Crippen molar-refractivity contribution in [3.8, 4) is 0 Å². The molecule has 0 saturated heterocycles. The second-order valence-electron chi connectivity index (χ2n) is 4.24. The highest BCUT2D eigenvalue weighted by molar-refractivity contribution is 9.09. The fraction of sp³-hybridized carbons (Fsp3) is 0.417. The maximum absolute atomic E-state index is 11.9. The first kappa shape index (κ1) is 10.7. The molecule has 0 atom stereocenters. The minimum absolute atomic E-state index is 0.0286. The lowest BCUT2D eigenvalue weighted by Crippen LogP contribution is -2.38. The third kappa shape index (κ3) is 2.40. The van der Waals surface area contributed by atoms with Crippen LogP contribution in [0.1, 0.15) is 28.8 Å². The van der Waals surface area contributed by atoms with Gasteiger partial charge in [0.2, 0.25) is 0 Å². The first-order valence-corrected chi connectivity index (χ1v) is 6.22. The Balaban J connectivity index is 2.08. The fourth-order valence-corrected chi connectivity index (χ4v) is 2.24. The summed E-state index contributed by atoms with van der Waals surface area (Å²) >= 11 is 3.43. The van der Waals surface area contributed by atoms with Crippen LogP contribution in [0, 0.1) is 6.92 Å². The topological polar surface area (TPSA) is 29.1 Å². The summed E-state index contributed by atoms with van der Waals surface area (Å²) in [5, 5.41) is 3.92. The Bertz CT molecular complexity index is 385. The number of carbonyl (C=O) groups excluding carboxylic acids is 1. The Kier molecular flexibility index (Phi) is 2.83. The van der Waals surface area contributed by atoms with Gasteiger partial charge in [0.05, 0.1) is 5.54 Å². The highest BCUT2D eigenvalue weighted by atomic mass is 79.9. The minimum atomic E-state index is 0.0286. The van der Waals surface area contributed by atoms with Crippen LogP contribution in [-0.2, 0) is 0 Å². The number of aryl methyl sites for hydroxylation is 1. The van der Waals surface area contributed by atoms with Crippen LogP contribution in [0.4, 0.5) is 0 Å². The number of hydrogen-bond donors (Lipinski definition) is 1. The molecule has 0 aliphatic heterocycles. The van der Waals surface area contributed by atoms with E-state index in [2.05, 4.69) is 21.2 Å². The lowest BCUT2D eigenvalue weighted by Gasteiger charge is -2.14. The number of alkyl halides is 1. The molecule has 0 bridgehead atoms. The Labute approximate surface area is 98.2 Å². The molecule has 1 saturated carbocycles. The normalized spacial score (nSPS) is 17.2. The molecule has 1 aromatic rings. The highest BCUT2D eigenvalue weighted by Crippen LogP contribution is 2.37. The number of amides is 1. The molecule has 3 heteroatoms. The van der Waals surface area contributed by atoms with Crippen molar-refractivity contribution >= 4 is 21.8 Å². The second kappa shape index (κ2) is 3.97. The van der Waals surface area contributed by atoms with Gasteiger partial charge in [-0.1, -0.05) is 33.6 Å². The van der Waals surface area contributed by atoms with Crippen LogP contribution in [-0.4, -0.2) is 16.8 Å². The predicted octanol–water partition coefficient (Wildman–Crippen LogP) is 2.65. The van der Waals surface area contributed by atoms with Gasteiger partial charge in [0.1, 0.15) is 0 Å². The zero-order chi connectivity index (χ0) is 10.9. The Morgan fingerprint density at radius 1 is 1.53 bits per heavy atom. The van der Waals surface area contributed by atoms with Crippen LogP contribution in [0.2, 0.25) is 0 Å². The van der Waals surface area contributed by atoms with Crippen LogP contribution in [0.5, 0.6) is 0 Å². The van der Waals surface area contributed by atoms with Crippen LogP contribution in [0.15, 0.2) is 24.3 Å². The Morgan fingerprint density at radius 2 is 2.27 bits per heavy atom. The number of carbonyl (C=O) groups is 1. The second-order valence-corrected chi connectivity index (χ2v) is 4.80. The monoisotopic (exact) mass is 267 g/mol. The minimum Gasteiger partial charge on any atom is -0.346 e. The van der Waals surface area contributed by atoms with E-state index in [9.17, 15) is 4.79 Å². The number of hydrogen-bond acceptors (Lipinski definition) is 1. The van der Waals surface area contributed by atoms with Crippen LogP contribution in [0.3, 0.4) is 0 Å². The van der Waals surface area contributed by atoms with Crippen molar-refractivity contribution < 1.29 is 4.79 Å². The molecular formula is C12H14BrNO. The molecule has 2 rings (SSSR count). The summed E-state index contributed by atoms with van der Waals surface area (Å²) in [4.78, 5) is 11.9. The molecular weight excluding hydrogens is 254 g/mol. The van der Waals surface area contributed by atoms with Crippen LogP contribution >= 0.6 is 15.9 Å². The van der Waals surface area contributed by atoms with E-state index in [0.29, 0.717) is 0 Å². The van der Waals surface area contributed by atoms with Gasteiger partial charge in [-0.25, -0.2) is 0 Å². The predicted molar refractivity (Wildman–Crippen MR) is 64.4 cm³/mol. The molecule has 0 unspecified atom stereocenters. The first-order chi connectivity index (χ1) is 7.15.